The summed E-state index contributed by atoms with van der Waals surface area (Å²) in [5, 5.41) is 3.63. The molecule has 0 amide bonds. The molecule has 0 spiro atoms. The number of benzene rings is 1. The van der Waals surface area contributed by atoms with Gasteiger partial charge in [-0.15, -0.1) is 0 Å². The number of nitrogens with one attached hydrogen (secondary N) is 1. The highest BCUT2D eigenvalue weighted by atomic mass is 79.9. The number of hydrogen-bond donors (Lipinski definition) is 1. The molecule has 0 aromatic heterocycles. The molecule has 1 N–H and O–H groups in total. The van der Waals surface area contributed by atoms with Gasteiger partial charge in [0.05, 0.1) is 5.69 Å². The topological polar surface area (TPSA) is 15.3 Å². The summed E-state index contributed by atoms with van der Waals surface area (Å²) < 4.78 is 1.20. The van der Waals surface area contributed by atoms with Crippen molar-refractivity contribution in [2.75, 3.05) is 24.5 Å². The Kier molecular flexibility index (Phi) is 4.46. The number of rotatable bonds is 3. The van der Waals surface area contributed by atoms with Crippen LogP contribution in [0, 0.1) is 5.92 Å². The van der Waals surface area contributed by atoms with Gasteiger partial charge in [0.25, 0.3) is 0 Å². The molecule has 17 heavy (non-hydrogen) atoms. The van der Waals surface area contributed by atoms with Crippen LogP contribution in [0.15, 0.2) is 28.7 Å². The van der Waals surface area contributed by atoms with Gasteiger partial charge in [-0.25, -0.2) is 0 Å². The third-order valence-corrected chi connectivity index (χ3v) is 4.40. The first kappa shape index (κ1) is 12.9. The maximum absolute atomic E-state index is 3.64. The lowest BCUT2D eigenvalue weighted by Crippen LogP contribution is -2.53. The van der Waals surface area contributed by atoms with Crippen molar-refractivity contribution in [3.8, 4) is 0 Å². The van der Waals surface area contributed by atoms with Crippen molar-refractivity contribution in [1.82, 2.24) is 5.32 Å². The van der Waals surface area contributed by atoms with Crippen molar-refractivity contribution < 1.29 is 0 Å². The molecule has 3 heteroatoms. The molecule has 2 atom stereocenters. The van der Waals surface area contributed by atoms with E-state index in [0.29, 0.717) is 6.04 Å². The van der Waals surface area contributed by atoms with Gasteiger partial charge in [-0.1, -0.05) is 32.4 Å². The Morgan fingerprint density at radius 2 is 2.24 bits per heavy atom. The van der Waals surface area contributed by atoms with E-state index in [4.69, 9.17) is 0 Å². The molecule has 2 unspecified atom stereocenters. The second-order valence-corrected chi connectivity index (χ2v) is 5.70. The van der Waals surface area contributed by atoms with Gasteiger partial charge in [-0.2, -0.15) is 0 Å². The Labute approximate surface area is 113 Å². The van der Waals surface area contributed by atoms with Gasteiger partial charge in [0.2, 0.25) is 0 Å². The Hall–Kier alpha value is -0.540. The number of anilines is 1. The van der Waals surface area contributed by atoms with Crippen LogP contribution in [-0.4, -0.2) is 25.7 Å². The smallest absolute Gasteiger partial charge is 0.0511 e. The van der Waals surface area contributed by atoms with Gasteiger partial charge in [0.15, 0.2) is 0 Å². The number of halogens is 1. The summed E-state index contributed by atoms with van der Waals surface area (Å²) in [6.07, 6.45) is 1.24. The van der Waals surface area contributed by atoms with Gasteiger partial charge >= 0.3 is 0 Å². The molecule has 2 rings (SSSR count). The van der Waals surface area contributed by atoms with Crippen molar-refractivity contribution in [2.24, 2.45) is 5.92 Å². The molecule has 1 aliphatic rings. The lowest BCUT2D eigenvalue weighted by molar-refractivity contribution is 0.341. The quantitative estimate of drug-likeness (QED) is 0.921. The first-order valence-corrected chi connectivity index (χ1v) is 7.24. The van der Waals surface area contributed by atoms with Crippen LogP contribution in [0.5, 0.6) is 0 Å². The van der Waals surface area contributed by atoms with Crippen molar-refractivity contribution in [2.45, 2.75) is 26.3 Å². The maximum Gasteiger partial charge on any atom is 0.0511 e. The zero-order valence-electron chi connectivity index (χ0n) is 10.6. The number of piperazine rings is 1. The zero-order chi connectivity index (χ0) is 12.3. The van der Waals surface area contributed by atoms with E-state index in [1.165, 1.54) is 16.6 Å². The molecule has 0 aliphatic carbocycles. The number of hydrogen-bond acceptors (Lipinski definition) is 2. The van der Waals surface area contributed by atoms with Gasteiger partial charge in [0, 0.05) is 30.1 Å². The number of nitrogens with zero attached hydrogens (tertiary/aromatic N) is 1. The Morgan fingerprint density at radius 3 is 2.94 bits per heavy atom. The molecule has 0 radical (unpaired) electrons. The average molecular weight is 297 g/mol. The normalized spacial score (nSPS) is 22.5. The highest BCUT2D eigenvalue weighted by Crippen LogP contribution is 2.27. The molecule has 1 aromatic carbocycles. The molecule has 1 fully saturated rings. The zero-order valence-corrected chi connectivity index (χ0v) is 12.2. The van der Waals surface area contributed by atoms with Crippen molar-refractivity contribution in [1.29, 1.82) is 0 Å². The average Bonchev–Trinajstić information content (AvgIpc) is 2.38. The van der Waals surface area contributed by atoms with Crippen LogP contribution in [0.2, 0.25) is 0 Å². The fourth-order valence-electron chi connectivity index (χ4n) is 2.37. The molecular weight excluding hydrogens is 276 g/mol. The summed E-state index contributed by atoms with van der Waals surface area (Å²) in [6.45, 7) is 7.88. The fraction of sp³-hybridized carbons (Fsp3) is 0.571. The van der Waals surface area contributed by atoms with Crippen molar-refractivity contribution >= 4 is 21.6 Å². The molecule has 1 aliphatic heterocycles. The van der Waals surface area contributed by atoms with E-state index in [0.717, 1.165) is 25.6 Å². The number of para-hydroxylation sites is 1. The molecular formula is C14H21BrN2. The van der Waals surface area contributed by atoms with Crippen molar-refractivity contribution in [3.63, 3.8) is 0 Å². The second-order valence-electron chi connectivity index (χ2n) is 4.84. The van der Waals surface area contributed by atoms with Crippen LogP contribution in [0.3, 0.4) is 0 Å². The Bertz CT molecular complexity index is 367. The molecule has 1 saturated heterocycles. The highest BCUT2D eigenvalue weighted by Gasteiger charge is 2.23. The van der Waals surface area contributed by atoms with E-state index in [-0.39, 0.29) is 0 Å². The van der Waals surface area contributed by atoms with Crippen LogP contribution < -0.4 is 10.2 Å². The minimum atomic E-state index is 0.612. The lowest BCUT2D eigenvalue weighted by atomic mass is 9.97. The minimum absolute atomic E-state index is 0.612. The van der Waals surface area contributed by atoms with Crippen LogP contribution in [0.25, 0.3) is 0 Å². The first-order chi connectivity index (χ1) is 8.22. The van der Waals surface area contributed by atoms with Crippen LogP contribution in [0.1, 0.15) is 20.3 Å². The monoisotopic (exact) mass is 296 g/mol. The van der Waals surface area contributed by atoms with E-state index < -0.39 is 0 Å². The SMILES string of the molecule is CCC(C)C1CN(c2ccccc2Br)CCN1. The van der Waals surface area contributed by atoms with E-state index in [2.05, 4.69) is 64.3 Å². The predicted molar refractivity (Wildman–Crippen MR) is 77.6 cm³/mol. The first-order valence-electron chi connectivity index (χ1n) is 6.45. The second kappa shape index (κ2) is 5.87. The molecule has 1 heterocycles. The summed E-state index contributed by atoms with van der Waals surface area (Å²) >= 11 is 3.64. The maximum atomic E-state index is 3.64. The standard InChI is InChI=1S/C14H21BrN2/c1-3-11(2)13-10-17(9-8-16-13)14-7-5-4-6-12(14)15/h4-7,11,13,16H,3,8-10H2,1-2H3. The van der Waals surface area contributed by atoms with Crippen LogP contribution in [-0.2, 0) is 0 Å². The summed E-state index contributed by atoms with van der Waals surface area (Å²) in [5.74, 6) is 0.736. The van der Waals surface area contributed by atoms with E-state index >= 15 is 0 Å². The summed E-state index contributed by atoms with van der Waals surface area (Å²) in [5.41, 5.74) is 1.32. The van der Waals surface area contributed by atoms with E-state index in [1.54, 1.807) is 0 Å². The Balaban J connectivity index is 2.10. The predicted octanol–water partition coefficient (Wildman–Crippen LogP) is 3.27. The van der Waals surface area contributed by atoms with Gasteiger partial charge in [-0.3, -0.25) is 0 Å². The van der Waals surface area contributed by atoms with Crippen LogP contribution >= 0.6 is 15.9 Å². The molecule has 94 valence electrons. The van der Waals surface area contributed by atoms with Gasteiger partial charge in [0.1, 0.15) is 0 Å². The van der Waals surface area contributed by atoms with Crippen molar-refractivity contribution in [3.05, 3.63) is 28.7 Å². The van der Waals surface area contributed by atoms with E-state index in [9.17, 15) is 0 Å². The highest BCUT2D eigenvalue weighted by molar-refractivity contribution is 9.10. The molecule has 0 bridgehead atoms. The summed E-state index contributed by atoms with van der Waals surface area (Å²) in [4.78, 5) is 2.48. The minimum Gasteiger partial charge on any atom is -0.368 e. The fourth-order valence-corrected chi connectivity index (χ4v) is 2.91. The van der Waals surface area contributed by atoms with Gasteiger partial charge in [-0.05, 0) is 34.0 Å². The molecule has 2 nitrogen and oxygen atoms in total. The van der Waals surface area contributed by atoms with Crippen LogP contribution in [0.4, 0.5) is 5.69 Å². The summed E-state index contributed by atoms with van der Waals surface area (Å²) in [6, 6.07) is 9.11. The Morgan fingerprint density at radius 1 is 1.47 bits per heavy atom. The summed E-state index contributed by atoms with van der Waals surface area (Å²) in [7, 11) is 0. The molecule has 1 aromatic rings. The lowest BCUT2D eigenvalue weighted by Gasteiger charge is -2.38. The molecule has 0 saturated carbocycles. The third-order valence-electron chi connectivity index (χ3n) is 3.73. The third kappa shape index (κ3) is 3.02. The van der Waals surface area contributed by atoms with E-state index in [1.807, 2.05) is 0 Å². The largest absolute Gasteiger partial charge is 0.368 e. The van der Waals surface area contributed by atoms with Gasteiger partial charge < -0.3 is 10.2 Å².